The van der Waals surface area contributed by atoms with Gasteiger partial charge < -0.3 is 5.32 Å². The standard InChI is InChI=1S/C12H13N3O3/c1-7-9(12(18)15(2)11(7)17)10(16)14-8-5-3-4-6-13-8/h3-7,9H,1-2H3,(H,13,14,16). The van der Waals surface area contributed by atoms with Crippen LogP contribution in [-0.2, 0) is 14.4 Å². The molecule has 1 saturated heterocycles. The summed E-state index contributed by atoms with van der Waals surface area (Å²) in [6, 6.07) is 5.06. The predicted octanol–water partition coefficient (Wildman–Crippen LogP) is 0.271. The van der Waals surface area contributed by atoms with Crippen molar-refractivity contribution >= 4 is 23.5 Å². The molecule has 2 heterocycles. The monoisotopic (exact) mass is 247 g/mol. The molecule has 0 saturated carbocycles. The van der Waals surface area contributed by atoms with E-state index in [1.807, 2.05) is 0 Å². The fourth-order valence-corrected chi connectivity index (χ4v) is 1.96. The molecule has 6 heteroatoms. The van der Waals surface area contributed by atoms with Gasteiger partial charge in [-0.2, -0.15) is 0 Å². The maximum Gasteiger partial charge on any atom is 0.242 e. The first-order valence-corrected chi connectivity index (χ1v) is 5.55. The number of hydrogen-bond donors (Lipinski definition) is 1. The molecule has 0 bridgehead atoms. The molecular weight excluding hydrogens is 234 g/mol. The number of carbonyl (C=O) groups excluding carboxylic acids is 3. The van der Waals surface area contributed by atoms with E-state index in [4.69, 9.17) is 0 Å². The van der Waals surface area contributed by atoms with Crippen molar-refractivity contribution in [3.8, 4) is 0 Å². The van der Waals surface area contributed by atoms with Gasteiger partial charge in [0.05, 0.1) is 5.92 Å². The zero-order chi connectivity index (χ0) is 13.3. The van der Waals surface area contributed by atoms with E-state index in [9.17, 15) is 14.4 Å². The molecule has 6 nitrogen and oxygen atoms in total. The van der Waals surface area contributed by atoms with Gasteiger partial charge >= 0.3 is 0 Å². The van der Waals surface area contributed by atoms with Gasteiger partial charge in [-0.3, -0.25) is 19.3 Å². The minimum atomic E-state index is -0.968. The number of amides is 3. The van der Waals surface area contributed by atoms with Gasteiger partial charge in [-0.1, -0.05) is 13.0 Å². The van der Waals surface area contributed by atoms with Crippen molar-refractivity contribution in [3.05, 3.63) is 24.4 Å². The molecule has 2 atom stereocenters. The molecule has 1 fully saturated rings. The molecular formula is C12H13N3O3. The smallest absolute Gasteiger partial charge is 0.242 e. The van der Waals surface area contributed by atoms with E-state index in [0.29, 0.717) is 5.82 Å². The van der Waals surface area contributed by atoms with E-state index in [0.717, 1.165) is 4.90 Å². The largest absolute Gasteiger partial charge is 0.310 e. The Balaban J connectivity index is 2.15. The summed E-state index contributed by atoms with van der Waals surface area (Å²) in [6.45, 7) is 1.58. The highest BCUT2D eigenvalue weighted by Crippen LogP contribution is 2.25. The molecule has 1 aliphatic rings. The molecule has 2 unspecified atom stereocenters. The van der Waals surface area contributed by atoms with E-state index in [1.165, 1.54) is 13.2 Å². The topological polar surface area (TPSA) is 79.4 Å². The van der Waals surface area contributed by atoms with Crippen molar-refractivity contribution in [3.63, 3.8) is 0 Å². The van der Waals surface area contributed by atoms with E-state index in [2.05, 4.69) is 10.3 Å². The van der Waals surface area contributed by atoms with Gasteiger partial charge in [0, 0.05) is 13.2 Å². The van der Waals surface area contributed by atoms with Gasteiger partial charge in [0.25, 0.3) is 0 Å². The second-order valence-corrected chi connectivity index (χ2v) is 4.21. The van der Waals surface area contributed by atoms with Crippen LogP contribution in [0.25, 0.3) is 0 Å². The highest BCUT2D eigenvalue weighted by molar-refractivity contribution is 6.17. The highest BCUT2D eigenvalue weighted by Gasteiger charge is 2.47. The van der Waals surface area contributed by atoms with Crippen LogP contribution in [0.2, 0.25) is 0 Å². The lowest BCUT2D eigenvalue weighted by Gasteiger charge is -2.11. The Hall–Kier alpha value is -2.24. The second kappa shape index (κ2) is 4.56. The number of nitrogens with zero attached hydrogens (tertiary/aromatic N) is 2. The summed E-state index contributed by atoms with van der Waals surface area (Å²) < 4.78 is 0. The molecule has 0 aliphatic carbocycles. The van der Waals surface area contributed by atoms with Gasteiger partial charge in [0.2, 0.25) is 17.7 Å². The van der Waals surface area contributed by atoms with Crippen LogP contribution in [0, 0.1) is 11.8 Å². The molecule has 0 spiro atoms. The van der Waals surface area contributed by atoms with E-state index in [1.54, 1.807) is 25.1 Å². The quantitative estimate of drug-likeness (QED) is 0.601. The number of likely N-dealkylation sites (tertiary alicyclic amines) is 1. The lowest BCUT2D eigenvalue weighted by molar-refractivity contribution is -0.138. The van der Waals surface area contributed by atoms with Crippen LogP contribution in [0.5, 0.6) is 0 Å². The third-order valence-corrected chi connectivity index (χ3v) is 3.02. The van der Waals surface area contributed by atoms with E-state index in [-0.39, 0.29) is 5.91 Å². The SMILES string of the molecule is CC1C(=O)N(C)C(=O)C1C(=O)Nc1ccccn1. The summed E-state index contributed by atoms with van der Waals surface area (Å²) in [5.74, 6) is -2.54. The number of rotatable bonds is 2. The molecule has 18 heavy (non-hydrogen) atoms. The normalized spacial score (nSPS) is 23.3. The molecule has 94 valence electrons. The van der Waals surface area contributed by atoms with Gasteiger partial charge in [-0.05, 0) is 12.1 Å². The van der Waals surface area contributed by atoms with Gasteiger partial charge in [0.1, 0.15) is 11.7 Å². The van der Waals surface area contributed by atoms with Gasteiger partial charge in [-0.15, -0.1) is 0 Å². The fourth-order valence-electron chi connectivity index (χ4n) is 1.96. The summed E-state index contributed by atoms with van der Waals surface area (Å²) >= 11 is 0. The van der Waals surface area contributed by atoms with Crippen LogP contribution in [0.3, 0.4) is 0 Å². The fraction of sp³-hybridized carbons (Fsp3) is 0.333. The second-order valence-electron chi connectivity index (χ2n) is 4.21. The number of pyridine rings is 1. The number of carbonyl (C=O) groups is 3. The number of aromatic nitrogens is 1. The lowest BCUT2D eigenvalue weighted by atomic mass is 9.96. The van der Waals surface area contributed by atoms with Crippen LogP contribution < -0.4 is 5.32 Å². The van der Waals surface area contributed by atoms with Crippen molar-refractivity contribution in [2.24, 2.45) is 11.8 Å². The maximum absolute atomic E-state index is 12.0. The van der Waals surface area contributed by atoms with Crippen molar-refractivity contribution in [2.45, 2.75) is 6.92 Å². The highest BCUT2D eigenvalue weighted by atomic mass is 16.2. The minimum absolute atomic E-state index is 0.332. The summed E-state index contributed by atoms with van der Waals surface area (Å²) in [5.41, 5.74) is 0. The molecule has 1 N–H and O–H groups in total. The Labute approximate surface area is 104 Å². The van der Waals surface area contributed by atoms with Crippen molar-refractivity contribution in [2.75, 3.05) is 12.4 Å². The van der Waals surface area contributed by atoms with Crippen LogP contribution >= 0.6 is 0 Å². The van der Waals surface area contributed by atoms with E-state index < -0.39 is 23.7 Å². The van der Waals surface area contributed by atoms with E-state index >= 15 is 0 Å². The first kappa shape index (κ1) is 12.2. The average molecular weight is 247 g/mol. The van der Waals surface area contributed by atoms with Gasteiger partial charge in [-0.25, -0.2) is 4.98 Å². The average Bonchev–Trinajstić information content (AvgIpc) is 2.55. The summed E-state index contributed by atoms with van der Waals surface area (Å²) in [5, 5.41) is 2.54. The Morgan fingerprint density at radius 3 is 2.56 bits per heavy atom. The summed E-state index contributed by atoms with van der Waals surface area (Å²) in [6.07, 6.45) is 1.53. The Bertz CT molecular complexity index is 501. The van der Waals surface area contributed by atoms with Crippen LogP contribution in [0.1, 0.15) is 6.92 Å². The first-order chi connectivity index (χ1) is 8.52. The Kier molecular flexibility index (Phi) is 3.10. The zero-order valence-corrected chi connectivity index (χ0v) is 10.1. The number of hydrogen-bond acceptors (Lipinski definition) is 4. The van der Waals surface area contributed by atoms with Crippen LogP contribution in [-0.4, -0.2) is 34.7 Å². The number of nitrogens with one attached hydrogen (secondary N) is 1. The minimum Gasteiger partial charge on any atom is -0.310 e. The first-order valence-electron chi connectivity index (χ1n) is 5.55. The number of imide groups is 1. The lowest BCUT2D eigenvalue weighted by Crippen LogP contribution is -2.32. The third-order valence-electron chi connectivity index (χ3n) is 3.02. The molecule has 1 aromatic rings. The third kappa shape index (κ3) is 1.97. The zero-order valence-electron chi connectivity index (χ0n) is 10.1. The van der Waals surface area contributed by atoms with Gasteiger partial charge in [0.15, 0.2) is 0 Å². The molecule has 3 amide bonds. The molecule has 2 rings (SSSR count). The summed E-state index contributed by atoms with van der Waals surface area (Å²) in [7, 11) is 1.38. The predicted molar refractivity (Wildman–Crippen MR) is 63.3 cm³/mol. The Morgan fingerprint density at radius 2 is 2.06 bits per heavy atom. The van der Waals surface area contributed by atoms with Crippen LogP contribution in [0.4, 0.5) is 5.82 Å². The summed E-state index contributed by atoms with van der Waals surface area (Å²) in [4.78, 5) is 40.3. The van der Waals surface area contributed by atoms with Crippen molar-refractivity contribution < 1.29 is 14.4 Å². The van der Waals surface area contributed by atoms with Crippen molar-refractivity contribution in [1.82, 2.24) is 9.88 Å². The number of anilines is 1. The molecule has 1 aromatic heterocycles. The Morgan fingerprint density at radius 1 is 1.33 bits per heavy atom. The molecule has 1 aliphatic heterocycles. The van der Waals surface area contributed by atoms with Crippen molar-refractivity contribution in [1.29, 1.82) is 0 Å². The molecule has 0 aromatic carbocycles. The molecule has 0 radical (unpaired) electrons. The van der Waals surface area contributed by atoms with Crippen LogP contribution in [0.15, 0.2) is 24.4 Å². The maximum atomic E-state index is 12.0.